The van der Waals surface area contributed by atoms with Crippen LogP contribution in [0.2, 0.25) is 0 Å². The van der Waals surface area contributed by atoms with Gasteiger partial charge in [-0.25, -0.2) is 0 Å². The number of aliphatic hydroxyl groups excluding tert-OH is 1. The maximum absolute atomic E-state index is 12.5. The number of piperidine rings is 1. The fourth-order valence-corrected chi connectivity index (χ4v) is 4.83. The Balaban J connectivity index is 1.29. The average molecular weight is 405 g/mol. The fourth-order valence-electron chi connectivity index (χ4n) is 4.83. The van der Waals surface area contributed by atoms with E-state index < -0.39 is 0 Å². The molecule has 0 radical (unpaired) electrons. The first-order chi connectivity index (χ1) is 14.1. The number of carbonyl (C=O) groups is 2. The summed E-state index contributed by atoms with van der Waals surface area (Å²) in [5.74, 6) is 1.69. The molecule has 0 bridgehead atoms. The largest absolute Gasteiger partial charge is 0.462 e. The third kappa shape index (κ3) is 4.82. The number of fused-ring (bicyclic) bond motifs is 1. The lowest BCUT2D eigenvalue weighted by Gasteiger charge is -2.37. The first-order valence-electron chi connectivity index (χ1n) is 10.9. The summed E-state index contributed by atoms with van der Waals surface area (Å²) in [6, 6.07) is 3.93. The van der Waals surface area contributed by atoms with Crippen molar-refractivity contribution in [2.24, 2.45) is 0 Å². The molecule has 0 aromatic carbocycles. The summed E-state index contributed by atoms with van der Waals surface area (Å²) in [7, 11) is 0. The highest BCUT2D eigenvalue weighted by Crippen LogP contribution is 2.26. The van der Waals surface area contributed by atoms with E-state index in [1.165, 1.54) is 6.42 Å². The summed E-state index contributed by atoms with van der Waals surface area (Å²) in [4.78, 5) is 29.2. The van der Waals surface area contributed by atoms with Gasteiger partial charge in [-0.15, -0.1) is 0 Å². The van der Waals surface area contributed by atoms with E-state index in [0.29, 0.717) is 25.3 Å². The van der Waals surface area contributed by atoms with Gasteiger partial charge in [0.15, 0.2) is 0 Å². The molecule has 0 aliphatic carbocycles. The summed E-state index contributed by atoms with van der Waals surface area (Å²) in [6.45, 7) is 3.68. The molecule has 8 heteroatoms. The number of likely N-dealkylation sites (tertiary alicyclic amines) is 1. The third-order valence-electron chi connectivity index (χ3n) is 6.46. The van der Waals surface area contributed by atoms with Gasteiger partial charge in [0, 0.05) is 44.7 Å². The van der Waals surface area contributed by atoms with Crippen molar-refractivity contribution < 1.29 is 19.1 Å². The van der Waals surface area contributed by atoms with E-state index in [1.807, 2.05) is 11.0 Å². The van der Waals surface area contributed by atoms with Gasteiger partial charge in [0.1, 0.15) is 18.1 Å². The van der Waals surface area contributed by atoms with Gasteiger partial charge in [0.2, 0.25) is 11.8 Å². The van der Waals surface area contributed by atoms with Gasteiger partial charge >= 0.3 is 0 Å². The summed E-state index contributed by atoms with van der Waals surface area (Å²) in [5.41, 5.74) is 0. The Morgan fingerprint density at radius 3 is 2.79 bits per heavy atom. The van der Waals surface area contributed by atoms with E-state index in [2.05, 4.69) is 15.5 Å². The summed E-state index contributed by atoms with van der Waals surface area (Å²) in [6.07, 6.45) is 5.55. The van der Waals surface area contributed by atoms with Crippen LogP contribution in [0.15, 0.2) is 16.5 Å². The van der Waals surface area contributed by atoms with Crippen molar-refractivity contribution >= 4 is 11.8 Å². The molecule has 8 nitrogen and oxygen atoms in total. The third-order valence-corrected chi connectivity index (χ3v) is 6.46. The lowest BCUT2D eigenvalue weighted by molar-refractivity contribution is -0.133. The van der Waals surface area contributed by atoms with Crippen LogP contribution in [0.5, 0.6) is 0 Å². The molecule has 2 amide bonds. The molecule has 0 saturated carbocycles. The average Bonchev–Trinajstić information content (AvgIpc) is 3.39. The van der Waals surface area contributed by atoms with E-state index in [9.17, 15) is 9.59 Å². The number of hydrogen-bond acceptors (Lipinski definition) is 6. The van der Waals surface area contributed by atoms with Crippen molar-refractivity contribution in [1.29, 1.82) is 0 Å². The smallest absolute Gasteiger partial charge is 0.237 e. The zero-order valence-corrected chi connectivity index (χ0v) is 16.9. The molecule has 4 heterocycles. The molecule has 3 aliphatic rings. The molecular formula is C21H32N4O4. The van der Waals surface area contributed by atoms with Crippen LogP contribution in [0.4, 0.5) is 0 Å². The second-order valence-corrected chi connectivity index (χ2v) is 8.43. The van der Waals surface area contributed by atoms with E-state index in [-0.39, 0.29) is 36.5 Å². The number of amides is 2. The number of hydrogen-bond donors (Lipinski definition) is 3. The molecule has 3 fully saturated rings. The lowest BCUT2D eigenvalue weighted by atomic mass is 10.0. The normalized spacial score (nSPS) is 27.7. The Labute approximate surface area is 171 Å². The summed E-state index contributed by atoms with van der Waals surface area (Å²) in [5, 5.41) is 15.6. The minimum absolute atomic E-state index is 0.0912. The van der Waals surface area contributed by atoms with E-state index >= 15 is 0 Å². The highest BCUT2D eigenvalue weighted by atomic mass is 16.4. The molecule has 1 aromatic heterocycles. The highest BCUT2D eigenvalue weighted by molar-refractivity contribution is 5.83. The number of nitrogens with one attached hydrogen (secondary N) is 2. The van der Waals surface area contributed by atoms with Gasteiger partial charge in [-0.3, -0.25) is 14.5 Å². The first-order valence-corrected chi connectivity index (χ1v) is 10.9. The van der Waals surface area contributed by atoms with Gasteiger partial charge in [-0.05, 0) is 44.2 Å². The Kier molecular flexibility index (Phi) is 6.52. The molecule has 0 unspecified atom stereocenters. The van der Waals surface area contributed by atoms with Gasteiger partial charge in [0.05, 0.1) is 12.6 Å². The van der Waals surface area contributed by atoms with Crippen molar-refractivity contribution in [3.63, 3.8) is 0 Å². The van der Waals surface area contributed by atoms with E-state index in [1.54, 1.807) is 6.07 Å². The minimum Gasteiger partial charge on any atom is -0.462 e. The van der Waals surface area contributed by atoms with Crippen molar-refractivity contribution in [2.45, 2.75) is 69.8 Å². The highest BCUT2D eigenvalue weighted by Gasteiger charge is 2.43. The number of piperazine rings is 1. The predicted molar refractivity (Wildman–Crippen MR) is 107 cm³/mol. The summed E-state index contributed by atoms with van der Waals surface area (Å²) < 4.78 is 5.53. The van der Waals surface area contributed by atoms with Crippen LogP contribution in [-0.2, 0) is 22.7 Å². The van der Waals surface area contributed by atoms with Gasteiger partial charge < -0.3 is 25.1 Å². The van der Waals surface area contributed by atoms with Crippen LogP contribution in [0, 0.1) is 0 Å². The van der Waals surface area contributed by atoms with Gasteiger partial charge in [0.25, 0.3) is 0 Å². The number of carbonyl (C=O) groups excluding carboxylic acids is 2. The molecular weight excluding hydrogens is 372 g/mol. The SMILES string of the molecule is O=C1NC[C@@H](CCC(=O)N2CCCCC2)N2C[C@H](NCc3ccc(CO)o3)C[C@H]12. The maximum Gasteiger partial charge on any atom is 0.237 e. The van der Waals surface area contributed by atoms with Crippen molar-refractivity contribution in [1.82, 2.24) is 20.4 Å². The minimum atomic E-state index is -0.124. The maximum atomic E-state index is 12.5. The van der Waals surface area contributed by atoms with Gasteiger partial charge in [-0.2, -0.15) is 0 Å². The first kappa shape index (κ1) is 20.4. The Morgan fingerprint density at radius 1 is 1.24 bits per heavy atom. The number of furan rings is 1. The van der Waals surface area contributed by atoms with Crippen LogP contribution in [0.25, 0.3) is 0 Å². The van der Waals surface area contributed by atoms with Gasteiger partial charge in [-0.1, -0.05) is 0 Å². The quantitative estimate of drug-likeness (QED) is 0.616. The van der Waals surface area contributed by atoms with Crippen LogP contribution in [0.3, 0.4) is 0 Å². The van der Waals surface area contributed by atoms with Crippen LogP contribution in [0.1, 0.15) is 50.0 Å². The van der Waals surface area contributed by atoms with Crippen LogP contribution >= 0.6 is 0 Å². The van der Waals surface area contributed by atoms with Crippen LogP contribution < -0.4 is 10.6 Å². The topological polar surface area (TPSA) is 98.1 Å². The Morgan fingerprint density at radius 2 is 2.03 bits per heavy atom. The molecule has 0 spiro atoms. The molecule has 29 heavy (non-hydrogen) atoms. The molecule has 3 aliphatic heterocycles. The summed E-state index contributed by atoms with van der Waals surface area (Å²) >= 11 is 0. The Bertz CT molecular complexity index is 715. The fraction of sp³-hybridized carbons (Fsp3) is 0.714. The lowest BCUT2D eigenvalue weighted by Crippen LogP contribution is -2.58. The monoisotopic (exact) mass is 404 g/mol. The van der Waals surface area contributed by atoms with E-state index in [0.717, 1.165) is 51.1 Å². The van der Waals surface area contributed by atoms with Crippen molar-refractivity contribution in [2.75, 3.05) is 26.2 Å². The second-order valence-electron chi connectivity index (χ2n) is 8.43. The van der Waals surface area contributed by atoms with Crippen LogP contribution in [-0.4, -0.2) is 71.0 Å². The number of nitrogens with zero attached hydrogens (tertiary/aromatic N) is 2. The van der Waals surface area contributed by atoms with Crippen molar-refractivity contribution in [3.05, 3.63) is 23.7 Å². The van der Waals surface area contributed by atoms with E-state index in [4.69, 9.17) is 9.52 Å². The number of aliphatic hydroxyl groups is 1. The molecule has 160 valence electrons. The molecule has 3 N–H and O–H groups in total. The molecule has 4 rings (SSSR count). The Hall–Kier alpha value is -1.90. The zero-order chi connectivity index (χ0) is 20.2. The molecule has 3 saturated heterocycles. The molecule has 1 aromatic rings. The van der Waals surface area contributed by atoms with Crippen molar-refractivity contribution in [3.8, 4) is 0 Å². The number of rotatable bonds is 7. The standard InChI is InChI=1S/C21H32N4O4/c26-14-18-6-5-17(29-18)12-22-15-10-19-21(28)23-11-16(25(19)13-15)4-7-20(27)24-8-2-1-3-9-24/h5-6,15-16,19,22,26H,1-4,7-14H2,(H,23,28)/t15-,16-,19-/m1/s1. The zero-order valence-electron chi connectivity index (χ0n) is 16.9. The second kappa shape index (κ2) is 9.28. The molecule has 3 atom stereocenters. The predicted octanol–water partition coefficient (Wildman–Crippen LogP) is 0.596.